The van der Waals surface area contributed by atoms with E-state index in [4.69, 9.17) is 29.8 Å². The molecule has 1 unspecified atom stereocenters. The van der Waals surface area contributed by atoms with E-state index in [1.54, 1.807) is 29.2 Å². The predicted molar refractivity (Wildman–Crippen MR) is 119 cm³/mol. The van der Waals surface area contributed by atoms with Gasteiger partial charge in [-0.3, -0.25) is 9.59 Å². The lowest BCUT2D eigenvalue weighted by atomic mass is 10.1. The summed E-state index contributed by atoms with van der Waals surface area (Å²) in [6, 6.07) is 9.04. The lowest BCUT2D eigenvalue weighted by molar-refractivity contribution is -0.134. The first kappa shape index (κ1) is 25.5. The summed E-state index contributed by atoms with van der Waals surface area (Å²) in [5, 5.41) is 21.2. The quantitative estimate of drug-likeness (QED) is 0.466. The number of ether oxygens (including phenoxy) is 3. The number of amides is 1. The Balaban J connectivity index is 0.000000795. The zero-order valence-electron chi connectivity index (χ0n) is 19.1. The fraction of sp³-hybridized carbons (Fsp3) is 0.318. The second-order valence-corrected chi connectivity index (χ2v) is 7.37. The smallest absolute Gasteiger partial charge is 0.300 e. The molecule has 12 nitrogen and oxygen atoms in total. The predicted octanol–water partition coefficient (Wildman–Crippen LogP) is 1.90. The van der Waals surface area contributed by atoms with E-state index in [2.05, 4.69) is 20.6 Å². The van der Waals surface area contributed by atoms with Gasteiger partial charge in [0, 0.05) is 31.6 Å². The van der Waals surface area contributed by atoms with Crippen LogP contribution in [0.15, 0.2) is 36.4 Å². The molecule has 2 heterocycles. The van der Waals surface area contributed by atoms with Crippen molar-refractivity contribution in [1.29, 1.82) is 0 Å². The number of hydrogen-bond donors (Lipinski definition) is 3. The number of morpholine rings is 1. The van der Waals surface area contributed by atoms with Crippen molar-refractivity contribution in [2.75, 3.05) is 26.8 Å². The number of carboxylic acids is 1. The Bertz CT molecular complexity index is 1160. The van der Waals surface area contributed by atoms with E-state index in [9.17, 15) is 9.18 Å². The van der Waals surface area contributed by atoms with Crippen molar-refractivity contribution >= 4 is 11.9 Å². The van der Waals surface area contributed by atoms with E-state index < -0.39 is 17.9 Å². The lowest BCUT2D eigenvalue weighted by Gasteiger charge is -2.31. The Morgan fingerprint density at radius 3 is 2.71 bits per heavy atom. The van der Waals surface area contributed by atoms with Crippen LogP contribution in [0.25, 0.3) is 0 Å². The number of aromatic nitrogens is 4. The number of halogens is 1. The number of nitrogens with one attached hydrogen (secondary N) is 1. The summed E-state index contributed by atoms with van der Waals surface area (Å²) in [4.78, 5) is 23.8. The Morgan fingerprint density at radius 1 is 1.29 bits per heavy atom. The van der Waals surface area contributed by atoms with Gasteiger partial charge >= 0.3 is 0 Å². The number of benzene rings is 2. The number of carboxylic acid groups (broad SMARTS) is 1. The summed E-state index contributed by atoms with van der Waals surface area (Å²) in [5.41, 5.74) is 6.58. The fourth-order valence-electron chi connectivity index (χ4n) is 3.29. The molecule has 1 amide bonds. The van der Waals surface area contributed by atoms with E-state index in [1.807, 2.05) is 0 Å². The highest BCUT2D eigenvalue weighted by Gasteiger charge is 2.29. The fourth-order valence-corrected chi connectivity index (χ4v) is 3.29. The highest BCUT2D eigenvalue weighted by molar-refractivity contribution is 5.95. The van der Waals surface area contributed by atoms with Crippen LogP contribution in [0.5, 0.6) is 17.2 Å². The third-order valence-corrected chi connectivity index (χ3v) is 4.81. The van der Waals surface area contributed by atoms with Gasteiger partial charge in [0.25, 0.3) is 11.9 Å². The minimum atomic E-state index is -0.833. The summed E-state index contributed by atoms with van der Waals surface area (Å²) in [7, 11) is 1.48. The summed E-state index contributed by atoms with van der Waals surface area (Å²) in [6.07, 6.45) is -0.465. The number of aliphatic carboxylic acids is 1. The molecule has 4 rings (SSSR count). The van der Waals surface area contributed by atoms with Crippen LogP contribution in [0.4, 0.5) is 4.39 Å². The van der Waals surface area contributed by atoms with Crippen molar-refractivity contribution in [1.82, 2.24) is 25.5 Å². The molecule has 0 radical (unpaired) electrons. The molecule has 1 aliphatic rings. The van der Waals surface area contributed by atoms with Crippen molar-refractivity contribution in [3.05, 3.63) is 59.2 Å². The van der Waals surface area contributed by atoms with Gasteiger partial charge in [0.2, 0.25) is 5.82 Å². The van der Waals surface area contributed by atoms with E-state index in [0.717, 1.165) is 6.92 Å². The molecule has 2 aromatic carbocycles. The zero-order valence-corrected chi connectivity index (χ0v) is 19.1. The first-order chi connectivity index (χ1) is 16.8. The maximum absolute atomic E-state index is 13.8. The van der Waals surface area contributed by atoms with Gasteiger partial charge in [-0.25, -0.2) is 4.39 Å². The molecule has 0 aliphatic carbocycles. The summed E-state index contributed by atoms with van der Waals surface area (Å²) in [5.74, 6) is -0.187. The second kappa shape index (κ2) is 11.9. The number of hydrogen-bond acceptors (Lipinski definition) is 9. The minimum Gasteiger partial charge on any atom is -0.493 e. The number of nitrogens with two attached hydrogens (primary N) is 1. The Morgan fingerprint density at radius 2 is 2.06 bits per heavy atom. The molecule has 3 aromatic rings. The Labute approximate surface area is 199 Å². The first-order valence-corrected chi connectivity index (χ1v) is 10.5. The van der Waals surface area contributed by atoms with E-state index >= 15 is 0 Å². The summed E-state index contributed by atoms with van der Waals surface area (Å²) in [6.45, 7) is 2.29. The highest BCUT2D eigenvalue weighted by atomic mass is 19.1. The van der Waals surface area contributed by atoms with Gasteiger partial charge in [-0.2, -0.15) is 5.21 Å². The number of H-pyrrole nitrogens is 1. The Kier molecular flexibility index (Phi) is 8.64. The minimum absolute atomic E-state index is 0.169. The normalized spacial score (nSPS) is 15.1. The molecule has 0 spiro atoms. The summed E-state index contributed by atoms with van der Waals surface area (Å²) >= 11 is 0. The molecular formula is C22H25FN6O6. The largest absolute Gasteiger partial charge is 0.493 e. The molecule has 13 heteroatoms. The van der Waals surface area contributed by atoms with Crippen LogP contribution >= 0.6 is 0 Å². The lowest BCUT2D eigenvalue weighted by Crippen LogP contribution is -2.42. The van der Waals surface area contributed by atoms with E-state index in [0.29, 0.717) is 35.9 Å². The second-order valence-electron chi connectivity index (χ2n) is 7.37. The molecule has 1 fully saturated rings. The number of methoxy groups -OCH3 is 1. The molecule has 35 heavy (non-hydrogen) atoms. The topological polar surface area (TPSA) is 166 Å². The van der Waals surface area contributed by atoms with Gasteiger partial charge in [0.1, 0.15) is 17.7 Å². The molecular weight excluding hydrogens is 463 g/mol. The number of carbonyl (C=O) groups is 2. The van der Waals surface area contributed by atoms with E-state index in [1.165, 1.54) is 19.2 Å². The van der Waals surface area contributed by atoms with Crippen LogP contribution < -0.4 is 15.2 Å². The summed E-state index contributed by atoms with van der Waals surface area (Å²) < 4.78 is 30.7. The number of rotatable bonds is 6. The number of tetrazole rings is 1. The highest BCUT2D eigenvalue weighted by Crippen LogP contribution is 2.34. The van der Waals surface area contributed by atoms with Crippen molar-refractivity contribution < 1.29 is 33.3 Å². The van der Waals surface area contributed by atoms with Gasteiger partial charge in [-0.15, -0.1) is 10.2 Å². The van der Waals surface area contributed by atoms with Gasteiger partial charge in [0.05, 0.1) is 20.3 Å². The molecule has 0 bridgehead atoms. The number of carbonyl (C=O) groups excluding carboxylic acids is 1. The van der Waals surface area contributed by atoms with Gasteiger partial charge in [-0.05, 0) is 35.9 Å². The van der Waals surface area contributed by atoms with Gasteiger partial charge < -0.3 is 30.0 Å². The van der Waals surface area contributed by atoms with Crippen LogP contribution in [0.1, 0.15) is 34.8 Å². The maximum atomic E-state index is 13.8. The van der Waals surface area contributed by atoms with Crippen molar-refractivity contribution in [2.24, 2.45) is 5.73 Å². The van der Waals surface area contributed by atoms with Crippen LogP contribution in [-0.4, -0.2) is 69.3 Å². The molecule has 1 aliphatic heterocycles. The van der Waals surface area contributed by atoms with Crippen molar-refractivity contribution in [3.63, 3.8) is 0 Å². The monoisotopic (exact) mass is 488 g/mol. The standard InChI is InChI=1S/C20H21FN6O4.C2H4O2/c1-29-16-3-2-13(8-17(16)31-15-7-12(10-22)6-14(21)9-15)20(28)27-4-5-30-18(11-27)19-23-25-26-24-19;1-2(3)4/h2-3,6-9,18H,4-5,10-11,22H2,1H3,(H,23,24,25,26);1H3,(H,3,4). The third-order valence-electron chi connectivity index (χ3n) is 4.81. The van der Waals surface area contributed by atoms with Crippen molar-refractivity contribution in [3.8, 4) is 17.2 Å². The van der Waals surface area contributed by atoms with Gasteiger partial charge in [-0.1, -0.05) is 5.21 Å². The zero-order chi connectivity index (χ0) is 25.4. The van der Waals surface area contributed by atoms with Crippen LogP contribution in [-0.2, 0) is 16.1 Å². The number of nitrogens with zero attached hydrogens (tertiary/aromatic N) is 4. The van der Waals surface area contributed by atoms with Crippen molar-refractivity contribution in [2.45, 2.75) is 19.6 Å². The average molecular weight is 488 g/mol. The molecule has 4 N–H and O–H groups in total. The van der Waals surface area contributed by atoms with E-state index in [-0.39, 0.29) is 30.5 Å². The first-order valence-electron chi connectivity index (χ1n) is 10.5. The Hall–Kier alpha value is -4.10. The third kappa shape index (κ3) is 6.94. The molecule has 186 valence electrons. The van der Waals surface area contributed by atoms with Crippen LogP contribution in [0.3, 0.4) is 0 Å². The average Bonchev–Trinajstić information content (AvgIpc) is 3.38. The van der Waals surface area contributed by atoms with Crippen LogP contribution in [0, 0.1) is 5.82 Å². The molecule has 1 atom stereocenters. The van der Waals surface area contributed by atoms with Gasteiger partial charge in [0.15, 0.2) is 11.5 Å². The van der Waals surface area contributed by atoms with Crippen LogP contribution in [0.2, 0.25) is 0 Å². The SMILES string of the molecule is CC(=O)O.COc1ccc(C(=O)N2CCOC(c3nn[nH]n3)C2)cc1Oc1cc(F)cc(CN)c1. The number of aromatic amines is 1. The maximum Gasteiger partial charge on any atom is 0.300 e. The molecule has 1 aromatic heterocycles. The molecule has 0 saturated carbocycles. The molecule has 1 saturated heterocycles.